The maximum Gasteiger partial charge on any atom is 0.300 e. The highest BCUT2D eigenvalue weighted by molar-refractivity contribution is 5.93. The van der Waals surface area contributed by atoms with Crippen molar-refractivity contribution >= 4 is 11.9 Å². The molecule has 2 aromatic heterocycles. The number of nitrogens with zero attached hydrogens (tertiary/aromatic N) is 4. The monoisotopic (exact) mass is 192 g/mol. The Kier molecular flexibility index (Phi) is 1.77. The van der Waals surface area contributed by atoms with Gasteiger partial charge in [-0.3, -0.25) is 9.89 Å². The molecule has 0 saturated heterocycles. The van der Waals surface area contributed by atoms with Crippen LogP contribution in [-0.4, -0.2) is 30.9 Å². The number of aromatic nitrogens is 5. The first-order valence-corrected chi connectivity index (χ1v) is 3.90. The Morgan fingerprint density at radius 1 is 1.64 bits per heavy atom. The summed E-state index contributed by atoms with van der Waals surface area (Å²) >= 11 is 0. The van der Waals surface area contributed by atoms with Crippen LogP contribution in [0.2, 0.25) is 0 Å². The zero-order valence-electron chi connectivity index (χ0n) is 7.43. The summed E-state index contributed by atoms with van der Waals surface area (Å²) < 4.78 is 1.05. The van der Waals surface area contributed by atoms with Crippen LogP contribution in [0.5, 0.6) is 0 Å². The summed E-state index contributed by atoms with van der Waals surface area (Å²) in [7, 11) is 0. The van der Waals surface area contributed by atoms with Crippen LogP contribution in [0.15, 0.2) is 12.4 Å². The van der Waals surface area contributed by atoms with E-state index in [1.807, 2.05) is 0 Å². The van der Waals surface area contributed by atoms with Crippen molar-refractivity contribution in [3.8, 4) is 0 Å². The molecule has 2 aromatic rings. The smallest absolute Gasteiger partial charge is 0.300 e. The molecule has 7 heteroatoms. The first-order valence-electron chi connectivity index (χ1n) is 3.90. The average molecular weight is 192 g/mol. The number of carbonyl (C=O) groups excluding carboxylic acids is 1. The molecule has 14 heavy (non-hydrogen) atoms. The highest BCUT2D eigenvalue weighted by atomic mass is 16.2. The summed E-state index contributed by atoms with van der Waals surface area (Å²) in [6.07, 6.45) is 1.25. The number of nitrogen functional groups attached to an aromatic ring is 1. The van der Waals surface area contributed by atoms with Gasteiger partial charge in [0.25, 0.3) is 5.91 Å². The summed E-state index contributed by atoms with van der Waals surface area (Å²) in [5.74, 6) is -0.302. The van der Waals surface area contributed by atoms with Gasteiger partial charge in [-0.25, -0.2) is 4.98 Å². The summed E-state index contributed by atoms with van der Waals surface area (Å²) in [6.45, 7) is 1.81. The van der Waals surface area contributed by atoms with Crippen molar-refractivity contribution in [3.05, 3.63) is 23.8 Å². The van der Waals surface area contributed by atoms with Crippen LogP contribution in [0, 0.1) is 6.92 Å². The molecule has 7 nitrogen and oxygen atoms in total. The topological polar surface area (TPSA) is 102 Å². The highest BCUT2D eigenvalue weighted by Crippen LogP contribution is 2.01. The number of aromatic amines is 1. The molecule has 0 spiro atoms. The molecule has 0 aliphatic heterocycles. The second-order valence-corrected chi connectivity index (χ2v) is 2.79. The zero-order chi connectivity index (χ0) is 10.1. The van der Waals surface area contributed by atoms with Gasteiger partial charge in [-0.2, -0.15) is 9.78 Å². The number of hydrogen-bond acceptors (Lipinski definition) is 5. The number of carbonyl (C=O) groups is 1. The summed E-state index contributed by atoms with van der Waals surface area (Å²) in [5, 5.41) is 10.1. The van der Waals surface area contributed by atoms with Crippen LogP contribution >= 0.6 is 0 Å². The molecule has 0 unspecified atom stereocenters. The molecule has 2 rings (SSSR count). The van der Waals surface area contributed by atoms with Gasteiger partial charge in [0, 0.05) is 5.69 Å². The lowest BCUT2D eigenvalue weighted by molar-refractivity contribution is 0.0940. The summed E-state index contributed by atoms with van der Waals surface area (Å²) in [5.41, 5.74) is 6.37. The predicted molar refractivity (Wildman–Crippen MR) is 47.5 cm³/mol. The Hall–Kier alpha value is -2.18. The van der Waals surface area contributed by atoms with E-state index in [-0.39, 0.29) is 17.5 Å². The molecule has 0 saturated carbocycles. The quantitative estimate of drug-likeness (QED) is 0.638. The molecular weight excluding hydrogens is 184 g/mol. The van der Waals surface area contributed by atoms with E-state index in [1.165, 1.54) is 6.33 Å². The molecule has 0 aromatic carbocycles. The lowest BCUT2D eigenvalue weighted by Crippen LogP contribution is -2.13. The van der Waals surface area contributed by atoms with E-state index >= 15 is 0 Å². The largest absolute Gasteiger partial charge is 0.366 e. The Morgan fingerprint density at radius 2 is 2.43 bits per heavy atom. The maximum absolute atomic E-state index is 11.6. The average Bonchev–Trinajstić information content (AvgIpc) is 2.73. The standard InChI is InChI=1S/C7H8N6O/c1-4-2-5(11-10-4)6(14)13-3-9-7(8)12-13/h2-3H,1H3,(H2,8,12)(H,10,11). The minimum atomic E-state index is -0.362. The van der Waals surface area contributed by atoms with Crippen LogP contribution in [0.25, 0.3) is 0 Å². The van der Waals surface area contributed by atoms with Gasteiger partial charge in [0.1, 0.15) is 6.33 Å². The van der Waals surface area contributed by atoms with Gasteiger partial charge in [0.15, 0.2) is 5.69 Å². The van der Waals surface area contributed by atoms with Gasteiger partial charge in [-0.15, -0.1) is 5.10 Å². The lowest BCUT2D eigenvalue weighted by Gasteiger charge is -1.92. The fourth-order valence-corrected chi connectivity index (χ4v) is 1.02. The number of rotatable bonds is 1. The van der Waals surface area contributed by atoms with Crippen LogP contribution in [0.4, 0.5) is 5.95 Å². The SMILES string of the molecule is Cc1cc(C(=O)n2cnc(N)n2)n[nH]1. The Labute approximate surface area is 78.9 Å². The molecule has 2 heterocycles. The van der Waals surface area contributed by atoms with Gasteiger partial charge in [0.05, 0.1) is 0 Å². The summed E-state index contributed by atoms with van der Waals surface area (Å²) in [4.78, 5) is 15.2. The lowest BCUT2D eigenvalue weighted by atomic mass is 10.3. The molecule has 0 aliphatic carbocycles. The minimum absolute atomic E-state index is 0.0607. The fraction of sp³-hybridized carbons (Fsp3) is 0.143. The molecule has 72 valence electrons. The Balaban J connectivity index is 2.33. The van der Waals surface area contributed by atoms with E-state index in [0.29, 0.717) is 0 Å². The van der Waals surface area contributed by atoms with E-state index in [4.69, 9.17) is 5.73 Å². The Morgan fingerprint density at radius 3 is 2.93 bits per heavy atom. The number of nitrogens with two attached hydrogens (primary N) is 1. The van der Waals surface area contributed by atoms with Crippen LogP contribution in [0.1, 0.15) is 16.2 Å². The van der Waals surface area contributed by atoms with Crippen LogP contribution in [0.3, 0.4) is 0 Å². The van der Waals surface area contributed by atoms with Crippen molar-refractivity contribution in [1.29, 1.82) is 0 Å². The maximum atomic E-state index is 11.6. The van der Waals surface area contributed by atoms with E-state index in [0.717, 1.165) is 10.4 Å². The third kappa shape index (κ3) is 1.35. The van der Waals surface area contributed by atoms with E-state index < -0.39 is 0 Å². The highest BCUT2D eigenvalue weighted by Gasteiger charge is 2.12. The second kappa shape index (κ2) is 2.95. The third-order valence-electron chi connectivity index (χ3n) is 1.64. The molecule has 0 fully saturated rings. The Bertz CT molecular complexity index is 428. The van der Waals surface area contributed by atoms with Gasteiger partial charge in [-0.1, -0.05) is 0 Å². The normalized spacial score (nSPS) is 10.4. The fourth-order valence-electron chi connectivity index (χ4n) is 1.02. The van der Waals surface area contributed by atoms with Crippen molar-refractivity contribution < 1.29 is 4.79 Å². The summed E-state index contributed by atoms with van der Waals surface area (Å²) in [6, 6.07) is 1.63. The first kappa shape index (κ1) is 8.42. The van der Waals surface area contributed by atoms with Crippen LogP contribution in [-0.2, 0) is 0 Å². The predicted octanol–water partition coefficient (Wildman–Crippen LogP) is -0.420. The van der Waals surface area contributed by atoms with E-state index in [9.17, 15) is 4.79 Å². The van der Waals surface area contributed by atoms with Crippen molar-refractivity contribution in [2.75, 3.05) is 5.73 Å². The van der Waals surface area contributed by atoms with Gasteiger partial charge in [0.2, 0.25) is 5.95 Å². The molecule has 0 amide bonds. The molecule has 0 aliphatic rings. The molecule has 0 atom stereocenters. The van der Waals surface area contributed by atoms with Gasteiger partial charge >= 0.3 is 0 Å². The number of hydrogen-bond donors (Lipinski definition) is 2. The van der Waals surface area contributed by atoms with Crippen molar-refractivity contribution in [2.24, 2.45) is 0 Å². The van der Waals surface area contributed by atoms with Crippen molar-refractivity contribution in [3.63, 3.8) is 0 Å². The number of H-pyrrole nitrogens is 1. The zero-order valence-corrected chi connectivity index (χ0v) is 7.43. The molecule has 3 N–H and O–H groups in total. The number of aryl methyl sites for hydroxylation is 1. The van der Waals surface area contributed by atoms with E-state index in [2.05, 4.69) is 20.3 Å². The minimum Gasteiger partial charge on any atom is -0.366 e. The first-order chi connectivity index (χ1) is 6.66. The number of nitrogens with one attached hydrogen (secondary N) is 1. The van der Waals surface area contributed by atoms with Gasteiger partial charge in [-0.05, 0) is 13.0 Å². The van der Waals surface area contributed by atoms with Gasteiger partial charge < -0.3 is 5.73 Å². The third-order valence-corrected chi connectivity index (χ3v) is 1.64. The number of anilines is 1. The molecule has 0 radical (unpaired) electrons. The second-order valence-electron chi connectivity index (χ2n) is 2.79. The van der Waals surface area contributed by atoms with Crippen LogP contribution < -0.4 is 5.73 Å². The molecule has 0 bridgehead atoms. The molecular formula is C7H8N6O. The van der Waals surface area contributed by atoms with Crippen molar-refractivity contribution in [2.45, 2.75) is 6.92 Å². The van der Waals surface area contributed by atoms with Crippen molar-refractivity contribution in [1.82, 2.24) is 25.0 Å². The van der Waals surface area contributed by atoms with E-state index in [1.54, 1.807) is 13.0 Å².